The standard InChI is InChI=1S/C12H22N2O4/c1-11(2,3)18-10(15)14-6-12(7-14)8-16-5-9(4-13)17-12/h9H,4-8,13H2,1-3H3. The van der Waals surface area contributed by atoms with Gasteiger partial charge in [0.05, 0.1) is 32.4 Å². The maximum atomic E-state index is 11.8. The zero-order chi connectivity index (χ0) is 13.4. The van der Waals surface area contributed by atoms with Gasteiger partial charge in [-0.25, -0.2) is 4.79 Å². The van der Waals surface area contributed by atoms with Crippen molar-refractivity contribution in [3.63, 3.8) is 0 Å². The van der Waals surface area contributed by atoms with E-state index in [9.17, 15) is 4.79 Å². The quantitative estimate of drug-likeness (QED) is 0.734. The van der Waals surface area contributed by atoms with Crippen LogP contribution in [0.5, 0.6) is 0 Å². The fourth-order valence-electron chi connectivity index (χ4n) is 2.18. The predicted molar refractivity (Wildman–Crippen MR) is 65.3 cm³/mol. The van der Waals surface area contributed by atoms with Gasteiger partial charge in [-0.3, -0.25) is 0 Å². The lowest BCUT2D eigenvalue weighted by Crippen LogP contribution is -2.70. The molecule has 2 rings (SSSR count). The topological polar surface area (TPSA) is 74.0 Å². The average Bonchev–Trinajstić information content (AvgIpc) is 2.23. The molecule has 2 saturated heterocycles. The molecule has 1 spiro atoms. The van der Waals surface area contributed by atoms with E-state index in [-0.39, 0.29) is 17.8 Å². The summed E-state index contributed by atoms with van der Waals surface area (Å²) >= 11 is 0. The molecule has 6 heteroatoms. The number of carbonyl (C=O) groups excluding carboxylic acids is 1. The highest BCUT2D eigenvalue weighted by Crippen LogP contribution is 2.31. The van der Waals surface area contributed by atoms with E-state index in [1.807, 2.05) is 20.8 Å². The molecule has 2 N–H and O–H groups in total. The molecule has 0 bridgehead atoms. The van der Waals surface area contributed by atoms with Crippen LogP contribution in [0.4, 0.5) is 4.79 Å². The Bertz CT molecular complexity index is 321. The molecule has 1 atom stereocenters. The van der Waals surface area contributed by atoms with Crippen molar-refractivity contribution in [2.24, 2.45) is 5.73 Å². The van der Waals surface area contributed by atoms with Crippen LogP contribution >= 0.6 is 0 Å². The molecule has 0 aromatic carbocycles. The van der Waals surface area contributed by atoms with Gasteiger partial charge in [-0.15, -0.1) is 0 Å². The average molecular weight is 258 g/mol. The van der Waals surface area contributed by atoms with E-state index < -0.39 is 5.60 Å². The number of nitrogens with zero attached hydrogens (tertiary/aromatic N) is 1. The van der Waals surface area contributed by atoms with Crippen molar-refractivity contribution in [1.29, 1.82) is 0 Å². The van der Waals surface area contributed by atoms with Crippen molar-refractivity contribution < 1.29 is 19.0 Å². The van der Waals surface area contributed by atoms with Crippen LogP contribution in [-0.4, -0.2) is 61.1 Å². The molecule has 1 amide bonds. The number of ether oxygens (including phenoxy) is 3. The van der Waals surface area contributed by atoms with E-state index in [2.05, 4.69) is 0 Å². The molecular weight excluding hydrogens is 236 g/mol. The molecule has 2 heterocycles. The summed E-state index contributed by atoms with van der Waals surface area (Å²) in [4.78, 5) is 13.4. The molecule has 2 fully saturated rings. The van der Waals surface area contributed by atoms with Gasteiger partial charge in [0.15, 0.2) is 0 Å². The Hall–Kier alpha value is -0.850. The van der Waals surface area contributed by atoms with E-state index in [1.54, 1.807) is 4.90 Å². The van der Waals surface area contributed by atoms with E-state index in [0.29, 0.717) is 32.8 Å². The number of likely N-dealkylation sites (tertiary alicyclic amines) is 1. The van der Waals surface area contributed by atoms with Crippen LogP contribution in [0.25, 0.3) is 0 Å². The zero-order valence-electron chi connectivity index (χ0n) is 11.3. The minimum absolute atomic E-state index is 0.0699. The lowest BCUT2D eigenvalue weighted by molar-refractivity contribution is -0.240. The van der Waals surface area contributed by atoms with E-state index in [1.165, 1.54) is 0 Å². The third kappa shape index (κ3) is 2.93. The summed E-state index contributed by atoms with van der Waals surface area (Å²) in [5.41, 5.74) is 4.73. The van der Waals surface area contributed by atoms with Crippen LogP contribution in [-0.2, 0) is 14.2 Å². The highest BCUT2D eigenvalue weighted by atomic mass is 16.6. The molecule has 0 aromatic rings. The van der Waals surface area contributed by atoms with E-state index in [0.717, 1.165) is 0 Å². The predicted octanol–water partition coefficient (Wildman–Crippen LogP) is 0.350. The lowest BCUT2D eigenvalue weighted by Gasteiger charge is -2.52. The molecule has 0 aromatic heterocycles. The minimum Gasteiger partial charge on any atom is -0.444 e. The van der Waals surface area contributed by atoms with E-state index >= 15 is 0 Å². The fraction of sp³-hybridized carbons (Fsp3) is 0.917. The summed E-state index contributed by atoms with van der Waals surface area (Å²) in [6.07, 6.45) is -0.369. The van der Waals surface area contributed by atoms with Gasteiger partial charge in [-0.1, -0.05) is 0 Å². The Morgan fingerprint density at radius 1 is 1.50 bits per heavy atom. The van der Waals surface area contributed by atoms with Gasteiger partial charge in [0.25, 0.3) is 0 Å². The van der Waals surface area contributed by atoms with Gasteiger partial charge in [0, 0.05) is 6.54 Å². The Labute approximate surface area is 107 Å². The zero-order valence-corrected chi connectivity index (χ0v) is 11.3. The summed E-state index contributed by atoms with van der Waals surface area (Å²) in [5.74, 6) is 0. The highest BCUT2D eigenvalue weighted by molar-refractivity contribution is 5.69. The Balaban J connectivity index is 1.84. The largest absolute Gasteiger partial charge is 0.444 e. The number of hydrogen-bond acceptors (Lipinski definition) is 5. The second-order valence-electron chi connectivity index (χ2n) is 6.01. The smallest absolute Gasteiger partial charge is 0.410 e. The molecule has 6 nitrogen and oxygen atoms in total. The van der Waals surface area contributed by atoms with Crippen molar-refractivity contribution in [1.82, 2.24) is 4.90 Å². The maximum Gasteiger partial charge on any atom is 0.410 e. The second kappa shape index (κ2) is 4.68. The summed E-state index contributed by atoms with van der Waals surface area (Å²) in [7, 11) is 0. The van der Waals surface area contributed by atoms with Crippen molar-refractivity contribution in [3.8, 4) is 0 Å². The first-order valence-corrected chi connectivity index (χ1v) is 6.27. The van der Waals surface area contributed by atoms with Crippen molar-refractivity contribution in [2.45, 2.75) is 38.1 Å². The van der Waals surface area contributed by atoms with Crippen LogP contribution in [0.15, 0.2) is 0 Å². The number of hydrogen-bond donors (Lipinski definition) is 1. The first kappa shape index (κ1) is 13.6. The summed E-state index contributed by atoms with van der Waals surface area (Å²) in [6, 6.07) is 0. The Kier molecular flexibility index (Phi) is 3.53. The van der Waals surface area contributed by atoms with Crippen molar-refractivity contribution >= 4 is 6.09 Å². The number of carbonyl (C=O) groups is 1. The normalized spacial score (nSPS) is 26.9. The van der Waals surface area contributed by atoms with Gasteiger partial charge in [0.1, 0.15) is 11.2 Å². The first-order chi connectivity index (χ1) is 8.34. The van der Waals surface area contributed by atoms with Gasteiger partial charge in [-0.2, -0.15) is 0 Å². The van der Waals surface area contributed by atoms with Crippen LogP contribution in [0.2, 0.25) is 0 Å². The van der Waals surface area contributed by atoms with Crippen molar-refractivity contribution in [2.75, 3.05) is 32.8 Å². The number of amides is 1. The summed E-state index contributed by atoms with van der Waals surface area (Å²) < 4.78 is 16.6. The second-order valence-corrected chi connectivity index (χ2v) is 6.01. The van der Waals surface area contributed by atoms with Gasteiger partial charge in [-0.05, 0) is 20.8 Å². The molecular formula is C12H22N2O4. The minimum atomic E-state index is -0.469. The lowest BCUT2D eigenvalue weighted by atomic mass is 9.94. The Morgan fingerprint density at radius 3 is 2.72 bits per heavy atom. The highest BCUT2D eigenvalue weighted by Gasteiger charge is 2.50. The first-order valence-electron chi connectivity index (χ1n) is 6.27. The monoisotopic (exact) mass is 258 g/mol. The third-order valence-corrected chi connectivity index (χ3v) is 2.96. The van der Waals surface area contributed by atoms with Crippen molar-refractivity contribution in [3.05, 3.63) is 0 Å². The molecule has 1 unspecified atom stereocenters. The SMILES string of the molecule is CC(C)(C)OC(=O)N1CC2(COCC(CN)O2)C1. The van der Waals surface area contributed by atoms with Crippen LogP contribution < -0.4 is 5.73 Å². The summed E-state index contributed by atoms with van der Waals surface area (Å²) in [6.45, 7) is 8.07. The molecule has 0 saturated carbocycles. The maximum absolute atomic E-state index is 11.8. The number of rotatable bonds is 1. The fourth-order valence-corrected chi connectivity index (χ4v) is 2.18. The third-order valence-electron chi connectivity index (χ3n) is 2.96. The molecule has 18 heavy (non-hydrogen) atoms. The summed E-state index contributed by atoms with van der Waals surface area (Å²) in [5, 5.41) is 0. The van der Waals surface area contributed by atoms with Gasteiger partial charge >= 0.3 is 6.09 Å². The van der Waals surface area contributed by atoms with Crippen LogP contribution in [0.3, 0.4) is 0 Å². The number of nitrogens with two attached hydrogens (primary N) is 1. The van der Waals surface area contributed by atoms with Crippen LogP contribution in [0, 0.1) is 0 Å². The molecule has 0 radical (unpaired) electrons. The van der Waals surface area contributed by atoms with E-state index in [4.69, 9.17) is 19.9 Å². The molecule has 2 aliphatic rings. The van der Waals surface area contributed by atoms with Crippen LogP contribution in [0.1, 0.15) is 20.8 Å². The molecule has 0 aliphatic carbocycles. The van der Waals surface area contributed by atoms with Gasteiger partial charge in [0.2, 0.25) is 0 Å². The van der Waals surface area contributed by atoms with Gasteiger partial charge < -0.3 is 24.8 Å². The molecule has 2 aliphatic heterocycles. The Morgan fingerprint density at radius 2 is 2.17 bits per heavy atom. The molecule has 104 valence electrons.